The molecule has 0 spiro atoms. The highest BCUT2D eigenvalue weighted by Gasteiger charge is 2.12. The molecule has 5 heteroatoms. The molecule has 0 unspecified atom stereocenters. The van der Waals surface area contributed by atoms with Crippen LogP contribution in [0.4, 0.5) is 0 Å². The van der Waals surface area contributed by atoms with E-state index in [1.54, 1.807) is 14.0 Å². The van der Waals surface area contributed by atoms with Crippen molar-refractivity contribution in [3.63, 3.8) is 0 Å². The average molecular weight is 444 g/mol. The Bertz CT molecular complexity index is 1220. The fraction of sp³-hybridized carbons (Fsp3) is 0.214. The predicted molar refractivity (Wildman–Crippen MR) is 133 cm³/mol. The van der Waals surface area contributed by atoms with Crippen LogP contribution < -0.4 is 4.74 Å². The molecule has 2 N–H and O–H groups in total. The minimum atomic E-state index is -0.000175. The van der Waals surface area contributed by atoms with Crippen LogP contribution in [0.15, 0.2) is 72.8 Å². The molecule has 0 amide bonds. The predicted octanol–water partition coefficient (Wildman–Crippen LogP) is 5.31. The Hall–Kier alpha value is -3.54. The van der Waals surface area contributed by atoms with Crippen LogP contribution in [0, 0.1) is 0 Å². The highest BCUT2D eigenvalue weighted by Crippen LogP contribution is 2.29. The first-order chi connectivity index (χ1) is 16.1. The second kappa shape index (κ2) is 11.4. The van der Waals surface area contributed by atoms with Gasteiger partial charge in [-0.25, -0.2) is 4.98 Å². The fourth-order valence-corrected chi connectivity index (χ4v) is 3.75. The fourth-order valence-electron chi connectivity index (χ4n) is 3.75. The van der Waals surface area contributed by atoms with Crippen LogP contribution in [-0.2, 0) is 6.42 Å². The number of carbonyl (C=O) groups is 1. The van der Waals surface area contributed by atoms with Crippen LogP contribution in [0.3, 0.4) is 0 Å². The number of rotatable bonds is 7. The lowest BCUT2D eigenvalue weighted by molar-refractivity contribution is 0.101. The normalized spacial score (nSPS) is 10.5. The van der Waals surface area contributed by atoms with E-state index < -0.39 is 0 Å². The lowest BCUT2D eigenvalue weighted by Gasteiger charge is -2.10. The van der Waals surface area contributed by atoms with Crippen LogP contribution in [0.25, 0.3) is 33.3 Å². The van der Waals surface area contributed by atoms with Gasteiger partial charge in [0.25, 0.3) is 0 Å². The van der Waals surface area contributed by atoms with Crippen molar-refractivity contribution in [2.45, 2.75) is 19.8 Å². The first-order valence-electron chi connectivity index (χ1n) is 10.8. The number of aryl methyl sites for hydroxylation is 1. The van der Waals surface area contributed by atoms with Crippen LogP contribution in [0.5, 0.6) is 5.75 Å². The molecule has 1 aromatic heterocycles. The summed E-state index contributed by atoms with van der Waals surface area (Å²) in [5, 5.41) is 16.8. The number of nitrogens with zero attached hydrogens (tertiary/aromatic N) is 1. The SMILES string of the molecule is CO.COc1ccc2nc(-c3ccc(-c4ccc(CCCO)cc4)cc3)cc(C(C)=O)c2c1. The van der Waals surface area contributed by atoms with E-state index in [4.69, 9.17) is 19.9 Å². The maximum atomic E-state index is 12.3. The number of aliphatic hydroxyl groups excluding tert-OH is 2. The molecule has 5 nitrogen and oxygen atoms in total. The van der Waals surface area contributed by atoms with Gasteiger partial charge in [-0.15, -0.1) is 0 Å². The topological polar surface area (TPSA) is 79.7 Å². The van der Waals surface area contributed by atoms with E-state index in [1.807, 2.05) is 36.4 Å². The van der Waals surface area contributed by atoms with E-state index in [2.05, 4.69) is 36.4 Å². The van der Waals surface area contributed by atoms with Crippen LogP contribution in [-0.4, -0.2) is 41.8 Å². The van der Waals surface area contributed by atoms with E-state index >= 15 is 0 Å². The Morgan fingerprint density at radius 2 is 1.48 bits per heavy atom. The maximum absolute atomic E-state index is 12.3. The number of aromatic nitrogens is 1. The highest BCUT2D eigenvalue weighted by molar-refractivity contribution is 6.07. The number of hydrogen-bond acceptors (Lipinski definition) is 5. The molecule has 33 heavy (non-hydrogen) atoms. The lowest BCUT2D eigenvalue weighted by atomic mass is 9.98. The molecule has 170 valence electrons. The largest absolute Gasteiger partial charge is 0.497 e. The second-order valence-electron chi connectivity index (χ2n) is 7.60. The van der Waals surface area contributed by atoms with Gasteiger partial charge in [-0.1, -0.05) is 48.5 Å². The summed E-state index contributed by atoms with van der Waals surface area (Å²) in [6.07, 6.45) is 1.66. The Morgan fingerprint density at radius 3 is 2.06 bits per heavy atom. The molecule has 1 heterocycles. The van der Waals surface area contributed by atoms with Crippen molar-refractivity contribution < 1.29 is 19.7 Å². The van der Waals surface area contributed by atoms with E-state index in [9.17, 15) is 4.79 Å². The van der Waals surface area contributed by atoms with Crippen molar-refractivity contribution in [3.8, 4) is 28.1 Å². The van der Waals surface area contributed by atoms with Gasteiger partial charge in [-0.2, -0.15) is 0 Å². The quantitative estimate of drug-likeness (QED) is 0.378. The summed E-state index contributed by atoms with van der Waals surface area (Å²) in [7, 11) is 2.61. The molecular formula is C28H29NO4. The van der Waals surface area contributed by atoms with E-state index in [-0.39, 0.29) is 12.4 Å². The highest BCUT2D eigenvalue weighted by atomic mass is 16.5. The monoisotopic (exact) mass is 443 g/mol. The molecule has 0 aliphatic carbocycles. The molecule has 0 aliphatic rings. The van der Waals surface area contributed by atoms with Crippen LogP contribution >= 0.6 is 0 Å². The Labute approximate surface area is 194 Å². The van der Waals surface area contributed by atoms with Gasteiger partial charge in [-0.3, -0.25) is 4.79 Å². The number of methoxy groups -OCH3 is 1. The molecule has 0 aliphatic heterocycles. The number of ketones is 1. The van der Waals surface area contributed by atoms with Crippen molar-refractivity contribution in [1.82, 2.24) is 4.98 Å². The van der Waals surface area contributed by atoms with Crippen LogP contribution in [0.2, 0.25) is 0 Å². The van der Waals surface area contributed by atoms with E-state index in [1.165, 1.54) is 5.56 Å². The third-order valence-electron chi connectivity index (χ3n) is 5.49. The molecule has 0 bridgehead atoms. The zero-order valence-electron chi connectivity index (χ0n) is 19.2. The van der Waals surface area contributed by atoms with Gasteiger partial charge < -0.3 is 14.9 Å². The number of ether oxygens (including phenoxy) is 1. The summed E-state index contributed by atoms with van der Waals surface area (Å²) in [6.45, 7) is 1.79. The number of hydrogen-bond donors (Lipinski definition) is 2. The molecule has 0 saturated carbocycles. The van der Waals surface area contributed by atoms with Gasteiger partial charge >= 0.3 is 0 Å². The third-order valence-corrected chi connectivity index (χ3v) is 5.49. The van der Waals surface area contributed by atoms with Crippen molar-refractivity contribution in [2.75, 3.05) is 20.8 Å². The van der Waals surface area contributed by atoms with Crippen LogP contribution in [0.1, 0.15) is 29.3 Å². The zero-order chi connectivity index (χ0) is 23.8. The van der Waals surface area contributed by atoms with Crippen molar-refractivity contribution in [1.29, 1.82) is 0 Å². The number of aliphatic hydroxyl groups is 2. The molecule has 4 aromatic rings. The van der Waals surface area contributed by atoms with Gasteiger partial charge in [0.2, 0.25) is 0 Å². The summed E-state index contributed by atoms with van der Waals surface area (Å²) in [6, 6.07) is 24.1. The van der Waals surface area contributed by atoms with Gasteiger partial charge in [0.15, 0.2) is 5.78 Å². The third kappa shape index (κ3) is 5.64. The van der Waals surface area contributed by atoms with Crippen molar-refractivity contribution >= 4 is 16.7 Å². The summed E-state index contributed by atoms with van der Waals surface area (Å²) < 4.78 is 5.30. The molecule has 0 radical (unpaired) electrons. The minimum absolute atomic E-state index is 0.000175. The van der Waals surface area contributed by atoms with Gasteiger partial charge in [0, 0.05) is 30.2 Å². The summed E-state index contributed by atoms with van der Waals surface area (Å²) >= 11 is 0. The number of Topliss-reactive ketones (excluding diaryl/α,β-unsaturated/α-hetero) is 1. The molecule has 0 atom stereocenters. The number of fused-ring (bicyclic) bond motifs is 1. The van der Waals surface area contributed by atoms with E-state index in [0.717, 1.165) is 53.2 Å². The average Bonchev–Trinajstić information content (AvgIpc) is 2.88. The van der Waals surface area contributed by atoms with E-state index in [0.29, 0.717) is 11.3 Å². The second-order valence-corrected chi connectivity index (χ2v) is 7.60. The molecule has 0 fully saturated rings. The lowest BCUT2D eigenvalue weighted by Crippen LogP contribution is -1.98. The summed E-state index contributed by atoms with van der Waals surface area (Å²) in [5.41, 5.74) is 6.63. The zero-order valence-corrected chi connectivity index (χ0v) is 19.2. The number of carbonyl (C=O) groups excluding carboxylic acids is 1. The maximum Gasteiger partial charge on any atom is 0.160 e. The Kier molecular flexibility index (Phi) is 8.30. The summed E-state index contributed by atoms with van der Waals surface area (Å²) in [4.78, 5) is 17.1. The Balaban J connectivity index is 0.00000149. The molecule has 4 rings (SSSR count). The Morgan fingerprint density at radius 1 is 0.879 bits per heavy atom. The van der Waals surface area contributed by atoms with Gasteiger partial charge in [0.1, 0.15) is 5.75 Å². The molecule has 3 aromatic carbocycles. The van der Waals surface area contributed by atoms with Gasteiger partial charge in [-0.05, 0) is 60.7 Å². The minimum Gasteiger partial charge on any atom is -0.497 e. The van der Waals surface area contributed by atoms with Gasteiger partial charge in [0.05, 0.1) is 18.3 Å². The molecular weight excluding hydrogens is 414 g/mol. The van der Waals surface area contributed by atoms with Crippen molar-refractivity contribution in [2.24, 2.45) is 0 Å². The number of pyridine rings is 1. The first-order valence-corrected chi connectivity index (χ1v) is 10.8. The summed E-state index contributed by atoms with van der Waals surface area (Å²) in [5.74, 6) is 0.705. The standard InChI is InChI=1S/C27H25NO3.CH4O/c1-18(30)24-17-27(28-26-14-13-23(31-2)16-25(24)26)22-11-9-21(10-12-22)20-7-5-19(6-8-20)4-3-15-29;1-2/h5-14,16-17,29H,3-4,15H2,1-2H3;2H,1H3. The van der Waals surface area contributed by atoms with Crippen molar-refractivity contribution in [3.05, 3.63) is 83.9 Å². The number of benzene rings is 3. The smallest absolute Gasteiger partial charge is 0.160 e. The first kappa shape index (κ1) is 24.1. The molecule has 0 saturated heterocycles.